The van der Waals surface area contributed by atoms with Crippen molar-refractivity contribution in [3.05, 3.63) is 47.8 Å². The van der Waals surface area contributed by atoms with Crippen LogP contribution in [0, 0.1) is 0 Å². The highest BCUT2D eigenvalue weighted by atomic mass is 32.2. The fourth-order valence-corrected chi connectivity index (χ4v) is 3.41. The molecule has 0 radical (unpaired) electrons. The Kier molecular flexibility index (Phi) is 3.94. The van der Waals surface area contributed by atoms with Crippen molar-refractivity contribution in [1.29, 1.82) is 0 Å². The second-order valence-corrected chi connectivity index (χ2v) is 6.33. The van der Waals surface area contributed by atoms with E-state index in [1.54, 1.807) is 6.20 Å². The zero-order chi connectivity index (χ0) is 13.9. The molecule has 0 N–H and O–H groups in total. The number of benzene rings is 1. The van der Waals surface area contributed by atoms with Gasteiger partial charge in [0.1, 0.15) is 11.5 Å². The van der Waals surface area contributed by atoms with Crippen LogP contribution < -0.4 is 4.74 Å². The number of pyridine rings is 1. The molecule has 0 spiro atoms. The average Bonchev–Trinajstić information content (AvgIpc) is 2.88. The Hall–Kier alpha value is -1.52. The second-order valence-electron chi connectivity index (χ2n) is 5.19. The number of nitrogens with zero attached hydrogens (tertiary/aromatic N) is 2. The molecule has 0 saturated carbocycles. The average molecular weight is 286 g/mol. The summed E-state index contributed by atoms with van der Waals surface area (Å²) < 4.78 is 6.06. The second kappa shape index (κ2) is 5.85. The zero-order valence-corrected chi connectivity index (χ0v) is 12.6. The van der Waals surface area contributed by atoms with E-state index in [0.717, 1.165) is 23.6 Å². The molecule has 1 aliphatic rings. The predicted molar refractivity (Wildman–Crippen MR) is 82.6 cm³/mol. The van der Waals surface area contributed by atoms with Gasteiger partial charge in [-0.1, -0.05) is 6.07 Å². The van der Waals surface area contributed by atoms with Crippen molar-refractivity contribution in [2.75, 3.05) is 19.8 Å². The number of rotatable bonds is 4. The standard InChI is InChI=1S/C16H18N2OS/c1-18(2)11-13-10-17-7-5-15(13)19-14-4-3-12-6-8-20-16(12)9-14/h3-5,7,9-10H,6,8,11H2,1-2H3. The molecule has 0 atom stereocenters. The van der Waals surface area contributed by atoms with E-state index in [1.165, 1.54) is 22.6 Å². The molecule has 1 aromatic carbocycles. The first kappa shape index (κ1) is 13.5. The van der Waals surface area contributed by atoms with Crippen molar-refractivity contribution < 1.29 is 4.74 Å². The highest BCUT2D eigenvalue weighted by molar-refractivity contribution is 7.99. The SMILES string of the molecule is CN(C)Cc1cnccc1Oc1ccc2c(c1)SCC2. The van der Waals surface area contributed by atoms with Crippen LogP contribution in [0.3, 0.4) is 0 Å². The molecule has 2 aromatic rings. The fourth-order valence-electron chi connectivity index (χ4n) is 2.31. The van der Waals surface area contributed by atoms with Gasteiger partial charge < -0.3 is 9.64 Å². The molecule has 0 amide bonds. The van der Waals surface area contributed by atoms with E-state index in [0.29, 0.717) is 0 Å². The van der Waals surface area contributed by atoms with Crippen molar-refractivity contribution in [3.63, 3.8) is 0 Å². The van der Waals surface area contributed by atoms with Gasteiger partial charge in [0.25, 0.3) is 0 Å². The van der Waals surface area contributed by atoms with E-state index in [1.807, 2.05) is 38.1 Å². The minimum atomic E-state index is 0.822. The van der Waals surface area contributed by atoms with Gasteiger partial charge in [0.05, 0.1) is 0 Å². The molecule has 3 rings (SSSR count). The topological polar surface area (TPSA) is 25.4 Å². The minimum Gasteiger partial charge on any atom is -0.457 e. The van der Waals surface area contributed by atoms with Gasteiger partial charge in [0.2, 0.25) is 0 Å². The number of thioether (sulfide) groups is 1. The first-order valence-electron chi connectivity index (χ1n) is 6.73. The lowest BCUT2D eigenvalue weighted by Crippen LogP contribution is -2.11. The molecule has 4 heteroatoms. The van der Waals surface area contributed by atoms with E-state index in [2.05, 4.69) is 28.1 Å². The van der Waals surface area contributed by atoms with E-state index < -0.39 is 0 Å². The van der Waals surface area contributed by atoms with Gasteiger partial charge in [-0.2, -0.15) is 0 Å². The lowest BCUT2D eigenvalue weighted by Gasteiger charge is -2.14. The van der Waals surface area contributed by atoms with Crippen LogP contribution in [0.25, 0.3) is 0 Å². The number of fused-ring (bicyclic) bond motifs is 1. The van der Waals surface area contributed by atoms with Crippen LogP contribution >= 0.6 is 11.8 Å². The molecule has 0 unspecified atom stereocenters. The molecular weight excluding hydrogens is 268 g/mol. The van der Waals surface area contributed by atoms with Crippen LogP contribution in [0.15, 0.2) is 41.6 Å². The van der Waals surface area contributed by atoms with Gasteiger partial charge in [-0.25, -0.2) is 0 Å². The third-order valence-corrected chi connectivity index (χ3v) is 4.34. The van der Waals surface area contributed by atoms with E-state index >= 15 is 0 Å². The highest BCUT2D eigenvalue weighted by Crippen LogP contribution is 2.35. The van der Waals surface area contributed by atoms with E-state index in [-0.39, 0.29) is 0 Å². The third-order valence-electron chi connectivity index (χ3n) is 3.24. The molecule has 104 valence electrons. The van der Waals surface area contributed by atoms with Crippen molar-refractivity contribution >= 4 is 11.8 Å². The molecule has 1 aliphatic heterocycles. The van der Waals surface area contributed by atoms with Gasteiger partial charge in [-0.05, 0) is 44.3 Å². The van der Waals surface area contributed by atoms with Crippen molar-refractivity contribution in [2.45, 2.75) is 17.9 Å². The molecular formula is C16H18N2OS. The Morgan fingerprint density at radius 1 is 1.30 bits per heavy atom. The summed E-state index contributed by atoms with van der Waals surface area (Å²) in [5, 5.41) is 0. The number of aryl methyl sites for hydroxylation is 1. The van der Waals surface area contributed by atoms with Gasteiger partial charge in [-0.3, -0.25) is 4.98 Å². The molecule has 20 heavy (non-hydrogen) atoms. The van der Waals surface area contributed by atoms with Crippen LogP contribution in [-0.4, -0.2) is 29.7 Å². The molecule has 0 bridgehead atoms. The number of hydrogen-bond donors (Lipinski definition) is 0. The van der Waals surface area contributed by atoms with Gasteiger partial charge >= 0.3 is 0 Å². The molecule has 1 aromatic heterocycles. The van der Waals surface area contributed by atoms with Gasteiger partial charge in [0, 0.05) is 35.2 Å². The number of ether oxygens (including phenoxy) is 1. The number of hydrogen-bond acceptors (Lipinski definition) is 4. The first-order valence-corrected chi connectivity index (χ1v) is 7.72. The maximum absolute atomic E-state index is 6.06. The van der Waals surface area contributed by atoms with Crippen molar-refractivity contribution in [1.82, 2.24) is 9.88 Å². The van der Waals surface area contributed by atoms with Crippen LogP contribution in [-0.2, 0) is 13.0 Å². The maximum atomic E-state index is 6.06. The Morgan fingerprint density at radius 3 is 3.05 bits per heavy atom. The van der Waals surface area contributed by atoms with E-state index in [4.69, 9.17) is 4.74 Å². The molecule has 2 heterocycles. The Bertz CT molecular complexity index is 613. The molecule has 0 fully saturated rings. The predicted octanol–water partition coefficient (Wildman–Crippen LogP) is 3.58. The van der Waals surface area contributed by atoms with Crippen LogP contribution in [0.2, 0.25) is 0 Å². The lowest BCUT2D eigenvalue weighted by atomic mass is 10.2. The monoisotopic (exact) mass is 286 g/mol. The van der Waals surface area contributed by atoms with Crippen LogP contribution in [0.1, 0.15) is 11.1 Å². The summed E-state index contributed by atoms with van der Waals surface area (Å²) in [4.78, 5) is 7.65. The molecule has 3 nitrogen and oxygen atoms in total. The lowest BCUT2D eigenvalue weighted by molar-refractivity contribution is 0.387. The third kappa shape index (κ3) is 2.97. The van der Waals surface area contributed by atoms with Gasteiger partial charge in [-0.15, -0.1) is 11.8 Å². The fraction of sp³-hybridized carbons (Fsp3) is 0.312. The maximum Gasteiger partial charge on any atom is 0.135 e. The van der Waals surface area contributed by atoms with E-state index in [9.17, 15) is 0 Å². The first-order chi connectivity index (χ1) is 9.72. The summed E-state index contributed by atoms with van der Waals surface area (Å²) in [5.41, 5.74) is 2.54. The van der Waals surface area contributed by atoms with Crippen molar-refractivity contribution in [3.8, 4) is 11.5 Å². The molecule has 0 saturated heterocycles. The highest BCUT2D eigenvalue weighted by Gasteiger charge is 2.13. The van der Waals surface area contributed by atoms with Crippen molar-refractivity contribution in [2.24, 2.45) is 0 Å². The quantitative estimate of drug-likeness (QED) is 0.858. The minimum absolute atomic E-state index is 0.822. The van der Waals surface area contributed by atoms with Crippen LogP contribution in [0.4, 0.5) is 0 Å². The van der Waals surface area contributed by atoms with Gasteiger partial charge in [0.15, 0.2) is 0 Å². The Balaban J connectivity index is 1.84. The Labute approximate surface area is 124 Å². The summed E-state index contributed by atoms with van der Waals surface area (Å²) >= 11 is 1.91. The normalized spacial score (nSPS) is 13.6. The summed E-state index contributed by atoms with van der Waals surface area (Å²) in [7, 11) is 4.09. The summed E-state index contributed by atoms with van der Waals surface area (Å²) in [6.07, 6.45) is 4.81. The Morgan fingerprint density at radius 2 is 2.20 bits per heavy atom. The zero-order valence-electron chi connectivity index (χ0n) is 11.8. The summed E-state index contributed by atoms with van der Waals surface area (Å²) in [6, 6.07) is 8.31. The smallest absolute Gasteiger partial charge is 0.135 e. The largest absolute Gasteiger partial charge is 0.457 e. The summed E-state index contributed by atoms with van der Waals surface area (Å²) in [6.45, 7) is 0.822. The number of aromatic nitrogens is 1. The van der Waals surface area contributed by atoms with Crippen LogP contribution in [0.5, 0.6) is 11.5 Å². The summed E-state index contributed by atoms with van der Waals surface area (Å²) in [5.74, 6) is 2.97. The molecule has 0 aliphatic carbocycles.